The van der Waals surface area contributed by atoms with E-state index in [1.165, 1.54) is 19.2 Å². The van der Waals surface area contributed by atoms with E-state index < -0.39 is 4.92 Å². The van der Waals surface area contributed by atoms with Crippen LogP contribution in [0.4, 0.5) is 5.69 Å². The number of carbonyl (C=O) groups is 1. The van der Waals surface area contributed by atoms with Crippen molar-refractivity contribution in [1.82, 2.24) is 5.32 Å². The Bertz CT molecular complexity index is 388. The molecule has 0 atom stereocenters. The molecular formula is C9H10N2O3. The van der Waals surface area contributed by atoms with Gasteiger partial charge in [-0.2, -0.15) is 0 Å². The number of carbonyl (C=O) groups excluding carboxylic acids is 1. The standard InChI is InChI=1S/C9H10N2O3/c1-6-7(9(12)10-2)4-3-5-8(6)11(13)14/h3-5H,1-2H3,(H,10,12). The van der Waals surface area contributed by atoms with Gasteiger partial charge in [-0.3, -0.25) is 14.9 Å². The lowest BCUT2D eigenvalue weighted by Crippen LogP contribution is -2.19. The summed E-state index contributed by atoms with van der Waals surface area (Å²) >= 11 is 0. The van der Waals surface area contributed by atoms with Gasteiger partial charge in [0.05, 0.1) is 4.92 Å². The SMILES string of the molecule is CNC(=O)c1cccc([N+](=O)[O-])c1C. The van der Waals surface area contributed by atoms with Crippen LogP contribution in [0.3, 0.4) is 0 Å². The molecule has 1 aromatic rings. The van der Waals surface area contributed by atoms with Crippen molar-refractivity contribution in [2.75, 3.05) is 7.05 Å². The molecule has 0 aliphatic carbocycles. The molecule has 5 heteroatoms. The molecule has 0 saturated heterocycles. The van der Waals surface area contributed by atoms with Crippen LogP contribution < -0.4 is 5.32 Å². The summed E-state index contributed by atoms with van der Waals surface area (Å²) in [6.07, 6.45) is 0. The molecule has 14 heavy (non-hydrogen) atoms. The Kier molecular flexibility index (Phi) is 2.81. The van der Waals surface area contributed by atoms with Gasteiger partial charge in [0.1, 0.15) is 0 Å². The second-order valence-electron chi connectivity index (χ2n) is 2.79. The van der Waals surface area contributed by atoms with E-state index in [2.05, 4.69) is 5.32 Å². The molecule has 0 fully saturated rings. The maximum Gasteiger partial charge on any atom is 0.273 e. The Morgan fingerprint density at radius 1 is 1.50 bits per heavy atom. The normalized spacial score (nSPS) is 9.57. The van der Waals surface area contributed by atoms with Crippen LogP contribution in [0.25, 0.3) is 0 Å². The number of hydrogen-bond acceptors (Lipinski definition) is 3. The monoisotopic (exact) mass is 194 g/mol. The summed E-state index contributed by atoms with van der Waals surface area (Å²) in [4.78, 5) is 21.3. The predicted octanol–water partition coefficient (Wildman–Crippen LogP) is 1.26. The third-order valence-corrected chi connectivity index (χ3v) is 1.97. The zero-order valence-electron chi connectivity index (χ0n) is 7.90. The Balaban J connectivity index is 3.27. The average Bonchev–Trinajstić information content (AvgIpc) is 2.16. The van der Waals surface area contributed by atoms with Crippen molar-refractivity contribution in [2.24, 2.45) is 0 Å². The van der Waals surface area contributed by atoms with Crippen LogP contribution in [0, 0.1) is 17.0 Å². The third kappa shape index (κ3) is 1.71. The minimum Gasteiger partial charge on any atom is -0.355 e. The number of rotatable bonds is 2. The van der Waals surface area contributed by atoms with E-state index in [0.29, 0.717) is 11.1 Å². The van der Waals surface area contributed by atoms with Crippen LogP contribution in [0.1, 0.15) is 15.9 Å². The predicted molar refractivity (Wildman–Crippen MR) is 51.2 cm³/mol. The lowest BCUT2D eigenvalue weighted by molar-refractivity contribution is -0.385. The molecule has 0 aromatic heterocycles. The van der Waals surface area contributed by atoms with Gasteiger partial charge in [0.15, 0.2) is 0 Å². The highest BCUT2D eigenvalue weighted by molar-refractivity contribution is 5.96. The van der Waals surface area contributed by atoms with Crippen molar-refractivity contribution in [3.8, 4) is 0 Å². The second-order valence-corrected chi connectivity index (χ2v) is 2.79. The lowest BCUT2D eigenvalue weighted by atomic mass is 10.1. The Morgan fingerprint density at radius 2 is 2.14 bits per heavy atom. The summed E-state index contributed by atoms with van der Waals surface area (Å²) in [5.74, 6) is -0.314. The fourth-order valence-corrected chi connectivity index (χ4v) is 1.20. The molecule has 1 N–H and O–H groups in total. The Labute approximate surface area is 80.9 Å². The van der Waals surface area contributed by atoms with E-state index in [1.54, 1.807) is 13.0 Å². The van der Waals surface area contributed by atoms with Crippen LogP contribution in [-0.4, -0.2) is 17.9 Å². The smallest absolute Gasteiger partial charge is 0.273 e. The number of nitro benzene ring substituents is 1. The number of hydrogen-bond donors (Lipinski definition) is 1. The molecular weight excluding hydrogens is 184 g/mol. The zero-order valence-corrected chi connectivity index (χ0v) is 7.90. The van der Waals surface area contributed by atoms with Crippen molar-refractivity contribution >= 4 is 11.6 Å². The summed E-state index contributed by atoms with van der Waals surface area (Å²) < 4.78 is 0. The molecule has 5 nitrogen and oxygen atoms in total. The first-order valence-electron chi connectivity index (χ1n) is 4.04. The van der Waals surface area contributed by atoms with Gasteiger partial charge in [-0.05, 0) is 13.0 Å². The van der Waals surface area contributed by atoms with Crippen molar-refractivity contribution in [1.29, 1.82) is 0 Å². The first kappa shape index (κ1) is 10.2. The van der Waals surface area contributed by atoms with Crippen molar-refractivity contribution in [3.05, 3.63) is 39.4 Å². The summed E-state index contributed by atoms with van der Waals surface area (Å²) in [6, 6.07) is 4.43. The Morgan fingerprint density at radius 3 is 2.64 bits per heavy atom. The van der Waals surface area contributed by atoms with E-state index in [-0.39, 0.29) is 11.6 Å². The summed E-state index contributed by atoms with van der Waals surface area (Å²) in [7, 11) is 1.49. The molecule has 0 aliphatic heterocycles. The van der Waals surface area contributed by atoms with Gasteiger partial charge in [0.2, 0.25) is 0 Å². The number of nitrogens with zero attached hydrogens (tertiary/aromatic N) is 1. The number of benzene rings is 1. The van der Waals surface area contributed by atoms with Gasteiger partial charge in [0.25, 0.3) is 11.6 Å². The number of nitro groups is 1. The molecule has 1 amide bonds. The summed E-state index contributed by atoms with van der Waals surface area (Å²) in [6.45, 7) is 1.56. The van der Waals surface area contributed by atoms with Gasteiger partial charge in [0, 0.05) is 24.2 Å². The van der Waals surface area contributed by atoms with Crippen LogP contribution in [0.5, 0.6) is 0 Å². The first-order chi connectivity index (χ1) is 6.57. The molecule has 0 bridgehead atoms. The molecule has 0 aliphatic rings. The van der Waals surface area contributed by atoms with Crippen molar-refractivity contribution < 1.29 is 9.72 Å². The second kappa shape index (κ2) is 3.87. The molecule has 0 radical (unpaired) electrons. The molecule has 1 rings (SSSR count). The highest BCUT2D eigenvalue weighted by atomic mass is 16.6. The quantitative estimate of drug-likeness (QED) is 0.569. The van der Waals surface area contributed by atoms with Crippen LogP contribution in [0.15, 0.2) is 18.2 Å². The fourth-order valence-electron chi connectivity index (χ4n) is 1.20. The van der Waals surface area contributed by atoms with E-state index in [0.717, 1.165) is 0 Å². The largest absolute Gasteiger partial charge is 0.355 e. The van der Waals surface area contributed by atoms with Crippen LogP contribution >= 0.6 is 0 Å². The molecule has 0 heterocycles. The van der Waals surface area contributed by atoms with Crippen LogP contribution in [-0.2, 0) is 0 Å². The van der Waals surface area contributed by atoms with Crippen molar-refractivity contribution in [2.45, 2.75) is 6.92 Å². The highest BCUT2D eigenvalue weighted by Crippen LogP contribution is 2.20. The molecule has 0 spiro atoms. The summed E-state index contributed by atoms with van der Waals surface area (Å²) in [5, 5.41) is 13.0. The zero-order chi connectivity index (χ0) is 10.7. The van der Waals surface area contributed by atoms with Gasteiger partial charge in [-0.15, -0.1) is 0 Å². The number of amides is 1. The van der Waals surface area contributed by atoms with Crippen LogP contribution in [0.2, 0.25) is 0 Å². The third-order valence-electron chi connectivity index (χ3n) is 1.97. The minimum absolute atomic E-state index is 0.0360. The van der Waals surface area contributed by atoms with E-state index in [1.807, 2.05) is 0 Å². The Hall–Kier alpha value is -1.91. The van der Waals surface area contributed by atoms with E-state index >= 15 is 0 Å². The van der Waals surface area contributed by atoms with E-state index in [4.69, 9.17) is 0 Å². The lowest BCUT2D eigenvalue weighted by Gasteiger charge is -2.03. The number of nitrogens with one attached hydrogen (secondary N) is 1. The van der Waals surface area contributed by atoms with Crippen molar-refractivity contribution in [3.63, 3.8) is 0 Å². The first-order valence-corrected chi connectivity index (χ1v) is 4.04. The highest BCUT2D eigenvalue weighted by Gasteiger charge is 2.16. The summed E-state index contributed by atoms with van der Waals surface area (Å²) in [5.41, 5.74) is 0.685. The van der Waals surface area contributed by atoms with Gasteiger partial charge >= 0.3 is 0 Å². The van der Waals surface area contributed by atoms with Gasteiger partial charge < -0.3 is 5.32 Å². The van der Waals surface area contributed by atoms with Gasteiger partial charge in [-0.1, -0.05) is 6.07 Å². The van der Waals surface area contributed by atoms with Gasteiger partial charge in [-0.25, -0.2) is 0 Å². The minimum atomic E-state index is -0.498. The molecule has 1 aromatic carbocycles. The maximum atomic E-state index is 11.3. The molecule has 74 valence electrons. The topological polar surface area (TPSA) is 72.2 Å². The fraction of sp³-hybridized carbons (Fsp3) is 0.222. The molecule has 0 saturated carbocycles. The maximum absolute atomic E-state index is 11.3. The average molecular weight is 194 g/mol. The van der Waals surface area contributed by atoms with E-state index in [9.17, 15) is 14.9 Å². The molecule has 0 unspecified atom stereocenters.